The van der Waals surface area contributed by atoms with Crippen LogP contribution in [0.1, 0.15) is 34.7 Å². The number of oxime groups is 2. The second-order valence-electron chi connectivity index (χ2n) is 6.69. The quantitative estimate of drug-likeness (QED) is 0.271. The van der Waals surface area contributed by atoms with Crippen molar-refractivity contribution in [3.63, 3.8) is 0 Å². The topological polar surface area (TPSA) is 72.3 Å². The Balaban J connectivity index is 2.41. The summed E-state index contributed by atoms with van der Waals surface area (Å²) in [5.74, 6) is -2.84. The van der Waals surface area contributed by atoms with Crippen LogP contribution in [-0.4, -0.2) is 31.5 Å². The first-order chi connectivity index (χ1) is 15.0. The van der Waals surface area contributed by atoms with E-state index in [-0.39, 0.29) is 18.0 Å². The van der Waals surface area contributed by atoms with E-state index >= 15 is 0 Å². The lowest BCUT2D eigenvalue weighted by molar-refractivity contribution is -0.114. The van der Waals surface area contributed by atoms with Crippen LogP contribution in [0, 0.1) is 18.6 Å². The highest BCUT2D eigenvalue weighted by atomic mass is 31.0. The zero-order valence-electron chi connectivity index (χ0n) is 17.8. The Morgan fingerprint density at radius 3 is 2.50 bits per heavy atom. The minimum Gasteiger partial charge on any atom is -0.398 e. The van der Waals surface area contributed by atoms with Crippen molar-refractivity contribution in [1.29, 1.82) is 0 Å². The molecule has 1 unspecified atom stereocenters. The van der Waals surface area contributed by atoms with Crippen LogP contribution in [0.5, 0.6) is 0 Å². The van der Waals surface area contributed by atoms with Crippen LogP contribution >= 0.6 is 9.24 Å². The number of amides is 1. The number of nitrogens with zero attached hydrogens (tertiary/aromatic N) is 2. The lowest BCUT2D eigenvalue weighted by Crippen LogP contribution is -2.29. The summed E-state index contributed by atoms with van der Waals surface area (Å²) >= 11 is 0. The third-order valence-corrected chi connectivity index (χ3v) is 4.79. The van der Waals surface area contributed by atoms with Crippen molar-refractivity contribution in [3.8, 4) is 0 Å². The average Bonchev–Trinajstić information content (AvgIpc) is 2.71. The maximum Gasteiger partial charge on any atom is 0.284 e. The van der Waals surface area contributed by atoms with E-state index in [4.69, 9.17) is 9.68 Å². The molecule has 0 bridgehead atoms. The van der Waals surface area contributed by atoms with Gasteiger partial charge < -0.3 is 15.0 Å². The van der Waals surface area contributed by atoms with Gasteiger partial charge in [-0.15, -0.1) is 0 Å². The normalized spacial score (nSPS) is 12.5. The van der Waals surface area contributed by atoms with Gasteiger partial charge in [-0.25, -0.2) is 8.78 Å². The summed E-state index contributed by atoms with van der Waals surface area (Å²) in [5.41, 5.74) is -3.59. The minimum absolute atomic E-state index is 0.00693. The Morgan fingerprint density at radius 1 is 1.22 bits per heavy atom. The number of carbonyl (C=O) groups is 1. The fourth-order valence-corrected chi connectivity index (χ4v) is 3.21. The van der Waals surface area contributed by atoms with Crippen molar-refractivity contribution < 1.29 is 32.0 Å². The van der Waals surface area contributed by atoms with Crippen molar-refractivity contribution >= 4 is 26.6 Å². The molecule has 0 saturated carbocycles. The van der Waals surface area contributed by atoms with E-state index in [9.17, 15) is 22.4 Å². The number of halogens is 4. The van der Waals surface area contributed by atoms with E-state index in [2.05, 4.69) is 15.6 Å². The van der Waals surface area contributed by atoms with Gasteiger partial charge in [-0.2, -0.15) is 8.78 Å². The number of nitrogens with one attached hydrogen (secondary N) is 1. The third-order valence-electron chi connectivity index (χ3n) is 4.48. The first-order valence-electron chi connectivity index (χ1n) is 9.26. The van der Waals surface area contributed by atoms with Crippen LogP contribution < -0.4 is 5.32 Å². The van der Waals surface area contributed by atoms with Gasteiger partial charge in [-0.3, -0.25) is 4.79 Å². The Bertz CT molecular complexity index is 1070. The number of hydrogen-bond acceptors (Lipinski definition) is 5. The van der Waals surface area contributed by atoms with Gasteiger partial charge in [-0.05, 0) is 25.5 Å². The molecule has 0 fully saturated rings. The molecule has 0 aliphatic rings. The summed E-state index contributed by atoms with van der Waals surface area (Å²) < 4.78 is 55.5. The molecule has 0 saturated heterocycles. The smallest absolute Gasteiger partial charge is 0.284 e. The lowest BCUT2D eigenvalue weighted by atomic mass is 9.98. The second-order valence-corrected chi connectivity index (χ2v) is 7.41. The van der Waals surface area contributed by atoms with Gasteiger partial charge in [-0.1, -0.05) is 37.8 Å². The maximum absolute atomic E-state index is 14.3. The molecule has 32 heavy (non-hydrogen) atoms. The molecule has 0 aromatic heterocycles. The third kappa shape index (κ3) is 5.82. The van der Waals surface area contributed by atoms with Crippen LogP contribution in [0.2, 0.25) is 0 Å². The second kappa shape index (κ2) is 10.5. The molecular weight excluding hydrogens is 449 g/mol. The predicted octanol–water partition coefficient (Wildman–Crippen LogP) is 4.23. The summed E-state index contributed by atoms with van der Waals surface area (Å²) in [6.45, 7) is 2.84. The lowest BCUT2D eigenvalue weighted by Gasteiger charge is -2.17. The fraction of sp³-hybridized carbons (Fsp3) is 0.286. The molecule has 2 aromatic rings. The Labute approximate surface area is 184 Å². The number of aryl methyl sites for hydroxylation is 1. The number of alkyl halides is 2. The van der Waals surface area contributed by atoms with Crippen molar-refractivity contribution in [3.05, 3.63) is 69.8 Å². The fourth-order valence-electron chi connectivity index (χ4n) is 2.98. The van der Waals surface area contributed by atoms with Crippen LogP contribution in [0.15, 0.2) is 40.6 Å². The summed E-state index contributed by atoms with van der Waals surface area (Å²) in [6.07, 6.45) is 0. The molecule has 1 amide bonds. The molecule has 6 nitrogen and oxygen atoms in total. The molecule has 0 aliphatic heterocycles. The van der Waals surface area contributed by atoms with Crippen LogP contribution in [-0.2, 0) is 26.7 Å². The molecule has 2 rings (SSSR count). The zero-order chi connectivity index (χ0) is 24.1. The highest BCUT2D eigenvalue weighted by Gasteiger charge is 2.31. The van der Waals surface area contributed by atoms with Gasteiger partial charge in [0.2, 0.25) is 0 Å². The van der Waals surface area contributed by atoms with Crippen molar-refractivity contribution in [1.82, 2.24) is 5.32 Å². The molecule has 1 atom stereocenters. The van der Waals surface area contributed by atoms with Gasteiger partial charge in [0.15, 0.2) is 5.71 Å². The van der Waals surface area contributed by atoms with Crippen molar-refractivity contribution in [2.75, 3.05) is 14.2 Å². The van der Waals surface area contributed by atoms with E-state index < -0.39 is 34.3 Å². The first-order valence-corrected chi connectivity index (χ1v) is 9.84. The van der Waals surface area contributed by atoms with Crippen LogP contribution in [0.3, 0.4) is 0 Å². The zero-order valence-corrected chi connectivity index (χ0v) is 19.0. The van der Waals surface area contributed by atoms with Crippen LogP contribution in [0.4, 0.5) is 17.6 Å². The van der Waals surface area contributed by atoms with E-state index in [1.165, 1.54) is 30.3 Å². The van der Waals surface area contributed by atoms with E-state index in [1.807, 2.05) is 0 Å². The molecular formula is C21H22F4N3O3P. The summed E-state index contributed by atoms with van der Waals surface area (Å²) in [4.78, 5) is 22.3. The molecule has 1 N–H and O–H groups in total. The number of carbonyl (C=O) groups excluding carboxylic acids is 1. The summed E-state index contributed by atoms with van der Waals surface area (Å²) in [5, 5.41) is 9.96. The van der Waals surface area contributed by atoms with Gasteiger partial charge >= 0.3 is 0 Å². The minimum atomic E-state index is -3.59. The van der Waals surface area contributed by atoms with Gasteiger partial charge in [0.25, 0.3) is 11.6 Å². The molecule has 0 radical (unpaired) electrons. The van der Waals surface area contributed by atoms with Gasteiger partial charge in [0.1, 0.15) is 25.4 Å². The maximum atomic E-state index is 14.3. The van der Waals surface area contributed by atoms with Crippen LogP contribution in [0.25, 0.3) is 0 Å². The SMILES string of the molecule is CNC(=O)/C(=N/OC)c1cccc(C)c1CO/N=C(\C)c1c(F)cc(F)cc1C(F)(F)P. The number of benzene rings is 2. The van der Waals surface area contributed by atoms with E-state index in [1.54, 1.807) is 25.1 Å². The van der Waals surface area contributed by atoms with E-state index in [0.717, 1.165) is 5.56 Å². The monoisotopic (exact) mass is 471 g/mol. The molecule has 0 spiro atoms. The number of rotatable bonds is 8. The van der Waals surface area contributed by atoms with Gasteiger partial charge in [0.05, 0.1) is 5.71 Å². The average molecular weight is 471 g/mol. The largest absolute Gasteiger partial charge is 0.398 e. The van der Waals surface area contributed by atoms with Gasteiger partial charge in [0, 0.05) is 35.4 Å². The Hall–Kier alpha value is -3.00. The molecule has 172 valence electrons. The Morgan fingerprint density at radius 2 is 1.91 bits per heavy atom. The summed E-state index contributed by atoms with van der Waals surface area (Å²) in [6, 6.07) is 6.13. The molecule has 0 aliphatic carbocycles. The number of hydrogen-bond donors (Lipinski definition) is 1. The molecule has 2 aromatic carbocycles. The van der Waals surface area contributed by atoms with E-state index in [0.29, 0.717) is 23.3 Å². The molecule has 11 heteroatoms. The standard InChI is InChI=1S/C21H22F4N3O3P/c1-11-6-5-7-14(19(28-30-4)20(29)26-3)15(11)10-31-27-12(2)18-16(21(24,25)32)8-13(22)9-17(18)23/h5-9H,10,32H2,1-4H3,(H,26,29)/b27-12+,28-19+. The predicted molar refractivity (Wildman–Crippen MR) is 116 cm³/mol. The number of likely N-dealkylation sites (N-methyl/N-ethyl adjacent to an activating group) is 1. The summed E-state index contributed by atoms with van der Waals surface area (Å²) in [7, 11) is 3.97. The van der Waals surface area contributed by atoms with Crippen molar-refractivity contribution in [2.45, 2.75) is 26.1 Å². The highest BCUT2D eigenvalue weighted by Crippen LogP contribution is 2.38. The molecule has 0 heterocycles. The Kier molecular flexibility index (Phi) is 8.32. The highest BCUT2D eigenvalue weighted by molar-refractivity contribution is 7.17. The first kappa shape index (κ1) is 25.3. The van der Waals surface area contributed by atoms with Crippen molar-refractivity contribution in [2.24, 2.45) is 10.3 Å².